The lowest BCUT2D eigenvalue weighted by atomic mass is 10.0. The molecule has 1 aliphatic rings. The summed E-state index contributed by atoms with van der Waals surface area (Å²) < 4.78 is 11.5. The Morgan fingerprint density at radius 2 is 1.88 bits per heavy atom. The first-order valence-corrected chi connectivity index (χ1v) is 11.3. The zero-order valence-electron chi connectivity index (χ0n) is 18.8. The Morgan fingerprint density at radius 3 is 2.62 bits per heavy atom. The van der Waals surface area contributed by atoms with Crippen molar-refractivity contribution in [3.63, 3.8) is 0 Å². The van der Waals surface area contributed by atoms with E-state index in [2.05, 4.69) is 21.4 Å². The van der Waals surface area contributed by atoms with Crippen LogP contribution in [-0.2, 0) is 4.74 Å². The summed E-state index contributed by atoms with van der Waals surface area (Å²) in [5.41, 5.74) is 5.62. The molecule has 0 aliphatic carbocycles. The first kappa shape index (κ1) is 21.7. The normalized spacial score (nSPS) is 14.0. The molecule has 1 saturated heterocycles. The summed E-state index contributed by atoms with van der Waals surface area (Å²) in [6, 6.07) is 19.4. The van der Waals surface area contributed by atoms with Crippen LogP contribution in [0.15, 0.2) is 60.8 Å². The number of aromatic amines is 1. The molecule has 0 bridgehead atoms. The number of rotatable bonds is 5. The van der Waals surface area contributed by atoms with Crippen molar-refractivity contribution in [1.82, 2.24) is 15.3 Å². The maximum Gasteiger partial charge on any atom is 0.251 e. The Hall–Kier alpha value is -4.15. The maximum atomic E-state index is 11.8. The molecule has 0 atom stereocenters. The van der Waals surface area contributed by atoms with E-state index in [1.54, 1.807) is 25.4 Å². The van der Waals surface area contributed by atoms with Crippen LogP contribution in [0.2, 0.25) is 0 Å². The molecular formula is C27H24N4O3. The van der Waals surface area contributed by atoms with Crippen LogP contribution in [0.3, 0.4) is 0 Å². The molecule has 2 aromatic heterocycles. The van der Waals surface area contributed by atoms with E-state index in [-0.39, 0.29) is 12.0 Å². The van der Waals surface area contributed by atoms with Crippen molar-refractivity contribution in [3.8, 4) is 34.2 Å². The maximum absolute atomic E-state index is 11.8. The summed E-state index contributed by atoms with van der Waals surface area (Å²) in [5.74, 6) is 0.485. The van der Waals surface area contributed by atoms with Gasteiger partial charge in [-0.1, -0.05) is 18.2 Å². The first-order valence-electron chi connectivity index (χ1n) is 11.3. The number of carbonyl (C=O) groups is 1. The van der Waals surface area contributed by atoms with E-state index in [9.17, 15) is 10.1 Å². The van der Waals surface area contributed by atoms with E-state index in [1.807, 2.05) is 42.5 Å². The second-order valence-corrected chi connectivity index (χ2v) is 8.21. The second kappa shape index (κ2) is 9.38. The molecule has 0 radical (unpaired) electrons. The zero-order valence-corrected chi connectivity index (χ0v) is 18.8. The summed E-state index contributed by atoms with van der Waals surface area (Å²) >= 11 is 0. The molecule has 7 heteroatoms. The SMILES string of the molecule is CNC(=O)c1ccc(-c2cc3c(-c4ccc(OC5CCOCC5)c(C#N)c4)ccnc3[nH]2)cc1. The monoisotopic (exact) mass is 452 g/mol. The summed E-state index contributed by atoms with van der Waals surface area (Å²) in [6.45, 7) is 1.37. The lowest BCUT2D eigenvalue weighted by molar-refractivity contribution is 0.0254. The third-order valence-electron chi connectivity index (χ3n) is 6.09. The summed E-state index contributed by atoms with van der Waals surface area (Å²) in [5, 5.41) is 13.3. The van der Waals surface area contributed by atoms with Crippen molar-refractivity contribution in [2.75, 3.05) is 20.3 Å². The zero-order chi connectivity index (χ0) is 23.5. The number of ether oxygens (including phenoxy) is 2. The van der Waals surface area contributed by atoms with E-state index in [1.165, 1.54) is 0 Å². The van der Waals surface area contributed by atoms with Gasteiger partial charge in [0.1, 0.15) is 23.6 Å². The molecule has 2 aromatic carbocycles. The number of pyridine rings is 1. The molecule has 34 heavy (non-hydrogen) atoms. The van der Waals surface area contributed by atoms with Gasteiger partial charge in [-0.3, -0.25) is 4.79 Å². The van der Waals surface area contributed by atoms with Gasteiger partial charge in [-0.05, 0) is 53.1 Å². The van der Waals surface area contributed by atoms with Gasteiger partial charge in [-0.15, -0.1) is 0 Å². The Bertz CT molecular complexity index is 1380. The van der Waals surface area contributed by atoms with E-state index >= 15 is 0 Å². The van der Waals surface area contributed by atoms with Crippen molar-refractivity contribution in [1.29, 1.82) is 5.26 Å². The van der Waals surface area contributed by atoms with Crippen LogP contribution >= 0.6 is 0 Å². The molecule has 5 rings (SSSR count). The van der Waals surface area contributed by atoms with Crippen molar-refractivity contribution >= 4 is 16.9 Å². The highest BCUT2D eigenvalue weighted by atomic mass is 16.5. The molecule has 0 saturated carbocycles. The molecular weight excluding hydrogens is 428 g/mol. The van der Waals surface area contributed by atoms with E-state index < -0.39 is 0 Å². The Kier molecular flexibility index (Phi) is 5.98. The molecule has 0 spiro atoms. The number of hydrogen-bond acceptors (Lipinski definition) is 5. The molecule has 170 valence electrons. The molecule has 2 N–H and O–H groups in total. The first-order chi connectivity index (χ1) is 16.7. The number of fused-ring (bicyclic) bond motifs is 1. The molecule has 1 fully saturated rings. The highest BCUT2D eigenvalue weighted by Crippen LogP contribution is 2.34. The summed E-state index contributed by atoms with van der Waals surface area (Å²) in [7, 11) is 1.61. The molecule has 3 heterocycles. The minimum atomic E-state index is -0.121. The highest BCUT2D eigenvalue weighted by molar-refractivity contribution is 5.97. The summed E-state index contributed by atoms with van der Waals surface area (Å²) in [6.07, 6.45) is 3.48. The lowest BCUT2D eigenvalue weighted by Gasteiger charge is -2.23. The molecule has 4 aromatic rings. The Morgan fingerprint density at radius 1 is 1.12 bits per heavy atom. The molecule has 1 amide bonds. The van der Waals surface area contributed by atoms with Gasteiger partial charge in [-0.25, -0.2) is 4.98 Å². The van der Waals surface area contributed by atoms with Gasteiger partial charge >= 0.3 is 0 Å². The van der Waals surface area contributed by atoms with Crippen molar-refractivity contribution in [2.24, 2.45) is 0 Å². The fraction of sp³-hybridized carbons (Fsp3) is 0.222. The van der Waals surface area contributed by atoms with E-state index in [0.29, 0.717) is 30.1 Å². The number of benzene rings is 2. The minimum Gasteiger partial charge on any atom is -0.489 e. The Balaban J connectivity index is 1.47. The Labute approximate surface area is 197 Å². The average molecular weight is 453 g/mol. The minimum absolute atomic E-state index is 0.0707. The fourth-order valence-electron chi connectivity index (χ4n) is 4.24. The van der Waals surface area contributed by atoms with Gasteiger partial charge in [0.25, 0.3) is 5.91 Å². The van der Waals surface area contributed by atoms with Crippen molar-refractivity contribution in [3.05, 3.63) is 71.9 Å². The van der Waals surface area contributed by atoms with E-state index in [0.717, 1.165) is 46.3 Å². The second-order valence-electron chi connectivity index (χ2n) is 8.21. The predicted molar refractivity (Wildman–Crippen MR) is 130 cm³/mol. The molecule has 1 aliphatic heterocycles. The fourth-order valence-corrected chi connectivity index (χ4v) is 4.24. The number of nitrogens with zero attached hydrogens (tertiary/aromatic N) is 2. The van der Waals surface area contributed by atoms with Crippen LogP contribution in [0, 0.1) is 11.3 Å². The van der Waals surface area contributed by atoms with Crippen LogP contribution < -0.4 is 10.1 Å². The topological polar surface area (TPSA) is 100 Å². The highest BCUT2D eigenvalue weighted by Gasteiger charge is 2.18. The van der Waals surface area contributed by atoms with Crippen LogP contribution in [0.25, 0.3) is 33.4 Å². The molecule has 0 unspecified atom stereocenters. The average Bonchev–Trinajstić information content (AvgIpc) is 3.34. The van der Waals surface area contributed by atoms with Crippen LogP contribution in [0.1, 0.15) is 28.8 Å². The van der Waals surface area contributed by atoms with Gasteiger partial charge in [-0.2, -0.15) is 5.26 Å². The number of hydrogen-bond donors (Lipinski definition) is 2. The van der Waals surface area contributed by atoms with Gasteiger partial charge in [0.2, 0.25) is 0 Å². The van der Waals surface area contributed by atoms with Crippen LogP contribution in [0.4, 0.5) is 0 Å². The van der Waals surface area contributed by atoms with Crippen molar-refractivity contribution in [2.45, 2.75) is 18.9 Å². The smallest absolute Gasteiger partial charge is 0.251 e. The number of nitrogens with one attached hydrogen (secondary N) is 2. The summed E-state index contributed by atoms with van der Waals surface area (Å²) in [4.78, 5) is 19.7. The standard InChI is InChI=1S/C27H24N4O3/c1-29-27(32)18-4-2-17(3-5-18)24-15-23-22(8-11-30-26(23)31-24)19-6-7-25(20(14-19)16-28)34-21-9-12-33-13-10-21/h2-8,11,14-15,21H,9-10,12-13H2,1H3,(H,29,32)(H,30,31). The van der Waals surface area contributed by atoms with Gasteiger partial charge in [0, 0.05) is 42.7 Å². The van der Waals surface area contributed by atoms with E-state index in [4.69, 9.17) is 9.47 Å². The number of H-pyrrole nitrogens is 1. The number of aromatic nitrogens is 2. The van der Waals surface area contributed by atoms with Crippen molar-refractivity contribution < 1.29 is 14.3 Å². The number of carbonyl (C=O) groups excluding carboxylic acids is 1. The quantitative estimate of drug-likeness (QED) is 0.458. The number of nitriles is 1. The lowest BCUT2D eigenvalue weighted by Crippen LogP contribution is -2.26. The van der Waals surface area contributed by atoms with Crippen LogP contribution in [0.5, 0.6) is 5.75 Å². The van der Waals surface area contributed by atoms with Gasteiger partial charge < -0.3 is 19.8 Å². The molecule has 7 nitrogen and oxygen atoms in total. The third kappa shape index (κ3) is 4.24. The van der Waals surface area contributed by atoms with Crippen LogP contribution in [-0.4, -0.2) is 42.2 Å². The van der Waals surface area contributed by atoms with Gasteiger partial charge in [0.05, 0.1) is 18.8 Å². The van der Waals surface area contributed by atoms with Gasteiger partial charge in [0.15, 0.2) is 0 Å². The third-order valence-corrected chi connectivity index (χ3v) is 6.09. The largest absolute Gasteiger partial charge is 0.489 e. The predicted octanol–water partition coefficient (Wildman–Crippen LogP) is 4.69. The number of amides is 1.